The molecule has 1 aromatic carbocycles. The molecular weight excluding hydrogens is 262 g/mol. The summed E-state index contributed by atoms with van der Waals surface area (Å²) in [5.41, 5.74) is 1.97. The summed E-state index contributed by atoms with van der Waals surface area (Å²) in [6.45, 7) is 7.76. The second-order valence-corrected chi connectivity index (χ2v) is 4.45. The fourth-order valence-electron chi connectivity index (χ4n) is 1.84. The number of nitrogens with zero attached hydrogens (tertiary/aromatic N) is 3. The van der Waals surface area contributed by atoms with Crippen molar-refractivity contribution in [3.05, 3.63) is 60.9 Å². The predicted octanol–water partition coefficient (Wildman–Crippen LogP) is 2.11. The van der Waals surface area contributed by atoms with E-state index in [1.807, 2.05) is 54.2 Å². The highest BCUT2D eigenvalue weighted by molar-refractivity contribution is 5.79. The van der Waals surface area contributed by atoms with Gasteiger partial charge in [0.25, 0.3) is 0 Å². The predicted molar refractivity (Wildman–Crippen MR) is 86.6 cm³/mol. The zero-order chi connectivity index (χ0) is 14.9. The van der Waals surface area contributed by atoms with Gasteiger partial charge in [0.2, 0.25) is 0 Å². The number of aromatic nitrogens is 2. The van der Waals surface area contributed by atoms with Crippen molar-refractivity contribution in [2.75, 3.05) is 13.1 Å². The number of hydrogen-bond donors (Lipinski definition) is 2. The first-order chi connectivity index (χ1) is 10.3. The highest BCUT2D eigenvalue weighted by Gasteiger charge is 2.01. The van der Waals surface area contributed by atoms with E-state index in [0.29, 0.717) is 13.1 Å². The third-order valence-electron chi connectivity index (χ3n) is 2.82. The molecular formula is C16H21N5. The summed E-state index contributed by atoms with van der Waals surface area (Å²) in [4.78, 5) is 4.50. The molecule has 0 spiro atoms. The molecule has 0 bridgehead atoms. The van der Waals surface area contributed by atoms with E-state index in [4.69, 9.17) is 0 Å². The van der Waals surface area contributed by atoms with Crippen LogP contribution in [0.1, 0.15) is 12.6 Å². The average Bonchev–Trinajstić information content (AvgIpc) is 3.00. The molecule has 5 heteroatoms. The summed E-state index contributed by atoms with van der Waals surface area (Å²) in [7, 11) is 0. The maximum Gasteiger partial charge on any atom is 0.191 e. The van der Waals surface area contributed by atoms with Gasteiger partial charge in [-0.15, -0.1) is 6.58 Å². The molecule has 0 aliphatic rings. The smallest absolute Gasteiger partial charge is 0.191 e. The van der Waals surface area contributed by atoms with E-state index < -0.39 is 0 Å². The van der Waals surface area contributed by atoms with Crippen molar-refractivity contribution in [2.24, 2.45) is 4.99 Å². The van der Waals surface area contributed by atoms with Crippen LogP contribution in [0.3, 0.4) is 0 Å². The maximum atomic E-state index is 4.53. The number of guanidine groups is 1. The van der Waals surface area contributed by atoms with Gasteiger partial charge >= 0.3 is 0 Å². The van der Waals surface area contributed by atoms with Crippen molar-refractivity contribution < 1.29 is 0 Å². The molecule has 2 rings (SSSR count). The zero-order valence-corrected chi connectivity index (χ0v) is 12.3. The van der Waals surface area contributed by atoms with Crippen LogP contribution in [-0.2, 0) is 6.54 Å². The molecule has 2 aromatic rings. The van der Waals surface area contributed by atoms with Gasteiger partial charge in [0.15, 0.2) is 5.96 Å². The molecule has 5 nitrogen and oxygen atoms in total. The van der Waals surface area contributed by atoms with E-state index in [2.05, 4.69) is 27.3 Å². The van der Waals surface area contributed by atoms with Crippen LogP contribution in [0.4, 0.5) is 0 Å². The fraction of sp³-hybridized carbons (Fsp3) is 0.250. The summed E-state index contributed by atoms with van der Waals surface area (Å²) >= 11 is 0. The van der Waals surface area contributed by atoms with Crippen molar-refractivity contribution >= 4 is 5.96 Å². The van der Waals surface area contributed by atoms with Gasteiger partial charge in [0.1, 0.15) is 0 Å². The van der Waals surface area contributed by atoms with E-state index in [1.165, 1.54) is 0 Å². The molecule has 0 aliphatic carbocycles. The zero-order valence-electron chi connectivity index (χ0n) is 12.3. The maximum absolute atomic E-state index is 4.53. The molecule has 0 amide bonds. The first-order valence-corrected chi connectivity index (χ1v) is 7.06. The SMILES string of the molecule is C=CCNC(=NCc1ccn(-c2ccccc2)n1)NCC. The van der Waals surface area contributed by atoms with E-state index in [0.717, 1.165) is 23.9 Å². The number of nitrogens with one attached hydrogen (secondary N) is 2. The first-order valence-electron chi connectivity index (χ1n) is 7.06. The lowest BCUT2D eigenvalue weighted by molar-refractivity contribution is 0.816. The first kappa shape index (κ1) is 14.8. The number of rotatable bonds is 6. The molecule has 0 atom stereocenters. The Kier molecular flexibility index (Phi) is 5.58. The normalized spacial score (nSPS) is 11.2. The molecule has 0 radical (unpaired) electrons. The van der Waals surface area contributed by atoms with Crippen molar-refractivity contribution in [3.8, 4) is 5.69 Å². The third-order valence-corrected chi connectivity index (χ3v) is 2.82. The van der Waals surface area contributed by atoms with Gasteiger partial charge in [-0.1, -0.05) is 24.3 Å². The van der Waals surface area contributed by atoms with Crippen LogP contribution in [0, 0.1) is 0 Å². The summed E-state index contributed by atoms with van der Waals surface area (Å²) in [5.74, 6) is 0.770. The Hall–Kier alpha value is -2.56. The fourth-order valence-corrected chi connectivity index (χ4v) is 1.84. The number of hydrogen-bond acceptors (Lipinski definition) is 2. The van der Waals surface area contributed by atoms with Crippen molar-refractivity contribution in [1.29, 1.82) is 0 Å². The molecule has 1 aromatic heterocycles. The van der Waals surface area contributed by atoms with Gasteiger partial charge in [-0.05, 0) is 25.1 Å². The van der Waals surface area contributed by atoms with Gasteiger partial charge in [-0.25, -0.2) is 9.67 Å². The monoisotopic (exact) mass is 283 g/mol. The van der Waals surface area contributed by atoms with Crippen LogP contribution in [0.5, 0.6) is 0 Å². The lowest BCUT2D eigenvalue weighted by Gasteiger charge is -2.08. The van der Waals surface area contributed by atoms with Crippen LogP contribution in [0.2, 0.25) is 0 Å². The van der Waals surface area contributed by atoms with Gasteiger partial charge in [-0.3, -0.25) is 0 Å². The van der Waals surface area contributed by atoms with Crippen LogP contribution in [0.15, 0.2) is 60.2 Å². The number of aliphatic imine (C=N–C) groups is 1. The minimum Gasteiger partial charge on any atom is -0.357 e. The van der Waals surface area contributed by atoms with Gasteiger partial charge in [-0.2, -0.15) is 5.10 Å². The minimum atomic E-state index is 0.534. The summed E-state index contributed by atoms with van der Waals surface area (Å²) in [6.07, 6.45) is 3.75. The Balaban J connectivity index is 2.02. The largest absolute Gasteiger partial charge is 0.357 e. The molecule has 2 N–H and O–H groups in total. The lowest BCUT2D eigenvalue weighted by Crippen LogP contribution is -2.37. The minimum absolute atomic E-state index is 0.534. The molecule has 21 heavy (non-hydrogen) atoms. The van der Waals surface area contributed by atoms with Crippen LogP contribution in [-0.4, -0.2) is 28.8 Å². The van der Waals surface area contributed by atoms with Crippen molar-refractivity contribution in [2.45, 2.75) is 13.5 Å². The highest BCUT2D eigenvalue weighted by atomic mass is 15.3. The molecule has 0 saturated carbocycles. The quantitative estimate of drug-likeness (QED) is 0.485. The molecule has 0 fully saturated rings. The summed E-state index contributed by atoms with van der Waals surface area (Å²) in [6, 6.07) is 12.0. The second-order valence-electron chi connectivity index (χ2n) is 4.45. The van der Waals surface area contributed by atoms with Crippen LogP contribution >= 0.6 is 0 Å². The highest BCUT2D eigenvalue weighted by Crippen LogP contribution is 2.07. The number of benzene rings is 1. The molecule has 0 aliphatic heterocycles. The molecule has 1 heterocycles. The second kappa shape index (κ2) is 7.89. The number of para-hydroxylation sites is 1. The molecule has 0 saturated heterocycles. The lowest BCUT2D eigenvalue weighted by atomic mass is 10.3. The standard InChI is InChI=1S/C16H21N5/c1-3-11-18-16(17-4-2)19-13-14-10-12-21(20-14)15-8-6-5-7-9-15/h3,5-10,12H,1,4,11,13H2,2H3,(H2,17,18,19). The Labute approximate surface area is 125 Å². The van der Waals surface area contributed by atoms with Gasteiger partial charge in [0.05, 0.1) is 17.9 Å². The molecule has 0 unspecified atom stereocenters. The Morgan fingerprint density at radius 2 is 2.10 bits per heavy atom. The van der Waals surface area contributed by atoms with E-state index in [1.54, 1.807) is 6.08 Å². The Bertz CT molecular complexity index is 586. The average molecular weight is 283 g/mol. The van der Waals surface area contributed by atoms with E-state index in [-0.39, 0.29) is 0 Å². The van der Waals surface area contributed by atoms with Crippen LogP contribution < -0.4 is 10.6 Å². The topological polar surface area (TPSA) is 54.2 Å². The Morgan fingerprint density at radius 3 is 2.81 bits per heavy atom. The van der Waals surface area contributed by atoms with Crippen molar-refractivity contribution in [3.63, 3.8) is 0 Å². The van der Waals surface area contributed by atoms with E-state index in [9.17, 15) is 0 Å². The van der Waals surface area contributed by atoms with E-state index >= 15 is 0 Å². The third kappa shape index (κ3) is 4.49. The van der Waals surface area contributed by atoms with Crippen LogP contribution in [0.25, 0.3) is 5.69 Å². The van der Waals surface area contributed by atoms with Crippen molar-refractivity contribution in [1.82, 2.24) is 20.4 Å². The van der Waals surface area contributed by atoms with Gasteiger partial charge in [0, 0.05) is 19.3 Å². The van der Waals surface area contributed by atoms with Gasteiger partial charge < -0.3 is 10.6 Å². The Morgan fingerprint density at radius 1 is 1.29 bits per heavy atom. The summed E-state index contributed by atoms with van der Waals surface area (Å²) in [5, 5.41) is 10.9. The summed E-state index contributed by atoms with van der Waals surface area (Å²) < 4.78 is 1.86. The molecule has 110 valence electrons.